The lowest BCUT2D eigenvalue weighted by Crippen LogP contribution is -2.33. The highest BCUT2D eigenvalue weighted by atomic mass is 15.1. The molecule has 1 aromatic rings. The molecule has 0 aromatic heterocycles. The fourth-order valence-corrected chi connectivity index (χ4v) is 3.55. The van der Waals surface area contributed by atoms with Crippen LogP contribution in [0.2, 0.25) is 0 Å². The Bertz CT molecular complexity index is 432. The van der Waals surface area contributed by atoms with Crippen molar-refractivity contribution in [3.8, 4) is 0 Å². The van der Waals surface area contributed by atoms with Gasteiger partial charge in [0.15, 0.2) is 0 Å². The lowest BCUT2D eigenvalue weighted by molar-refractivity contribution is 0.226. The highest BCUT2D eigenvalue weighted by molar-refractivity contribution is 5.70. The number of hydrogen-bond donors (Lipinski definition) is 1. The molecular formula is C18H29N3. The Balaban J connectivity index is 1.59. The van der Waals surface area contributed by atoms with E-state index in [-0.39, 0.29) is 0 Å². The van der Waals surface area contributed by atoms with Crippen molar-refractivity contribution in [1.29, 1.82) is 0 Å². The minimum atomic E-state index is 0.829. The van der Waals surface area contributed by atoms with Crippen LogP contribution in [0.15, 0.2) is 24.3 Å². The highest BCUT2D eigenvalue weighted by Gasteiger charge is 2.18. The molecular weight excluding hydrogens is 258 g/mol. The van der Waals surface area contributed by atoms with Crippen molar-refractivity contribution < 1.29 is 0 Å². The summed E-state index contributed by atoms with van der Waals surface area (Å²) >= 11 is 0. The molecule has 0 spiro atoms. The molecule has 2 heterocycles. The van der Waals surface area contributed by atoms with E-state index in [1.165, 1.54) is 69.7 Å². The van der Waals surface area contributed by atoms with Crippen LogP contribution in [-0.4, -0.2) is 44.7 Å². The molecule has 2 aliphatic heterocycles. The summed E-state index contributed by atoms with van der Waals surface area (Å²) in [6.07, 6.45) is 6.72. The second kappa shape index (κ2) is 7.17. The normalized spacial score (nSPS) is 21.5. The molecule has 3 nitrogen and oxygen atoms in total. The summed E-state index contributed by atoms with van der Waals surface area (Å²) in [7, 11) is 2.23. The maximum atomic E-state index is 3.73. The van der Waals surface area contributed by atoms with Gasteiger partial charge in [-0.3, -0.25) is 0 Å². The number of rotatable bonds is 4. The van der Waals surface area contributed by atoms with Crippen molar-refractivity contribution in [2.24, 2.45) is 5.92 Å². The van der Waals surface area contributed by atoms with Crippen LogP contribution in [0.25, 0.3) is 0 Å². The zero-order valence-electron chi connectivity index (χ0n) is 13.4. The van der Waals surface area contributed by atoms with Gasteiger partial charge in [-0.05, 0) is 70.3 Å². The highest BCUT2D eigenvalue weighted by Crippen LogP contribution is 2.29. The van der Waals surface area contributed by atoms with E-state index < -0.39 is 0 Å². The van der Waals surface area contributed by atoms with Crippen LogP contribution in [0.3, 0.4) is 0 Å². The van der Waals surface area contributed by atoms with Gasteiger partial charge in [-0.1, -0.05) is 12.1 Å². The van der Waals surface area contributed by atoms with Crippen LogP contribution >= 0.6 is 0 Å². The summed E-state index contributed by atoms with van der Waals surface area (Å²) in [5.41, 5.74) is 2.74. The number of nitrogens with one attached hydrogen (secondary N) is 1. The van der Waals surface area contributed by atoms with Crippen molar-refractivity contribution in [3.63, 3.8) is 0 Å². The second-order valence-electron chi connectivity index (χ2n) is 6.69. The van der Waals surface area contributed by atoms with E-state index >= 15 is 0 Å². The van der Waals surface area contributed by atoms with E-state index in [1.54, 1.807) is 0 Å². The van der Waals surface area contributed by atoms with Gasteiger partial charge < -0.3 is 15.1 Å². The summed E-state index contributed by atoms with van der Waals surface area (Å²) < 4.78 is 0. The molecule has 0 atom stereocenters. The van der Waals surface area contributed by atoms with Crippen molar-refractivity contribution in [2.75, 3.05) is 50.0 Å². The largest absolute Gasteiger partial charge is 0.383 e. The molecule has 2 fully saturated rings. The van der Waals surface area contributed by atoms with Gasteiger partial charge in [0.2, 0.25) is 0 Å². The van der Waals surface area contributed by atoms with Crippen LogP contribution in [0.1, 0.15) is 32.1 Å². The van der Waals surface area contributed by atoms with Crippen molar-refractivity contribution in [3.05, 3.63) is 24.3 Å². The van der Waals surface area contributed by atoms with Gasteiger partial charge in [0.1, 0.15) is 0 Å². The summed E-state index contributed by atoms with van der Waals surface area (Å²) in [6.45, 7) is 6.05. The Morgan fingerprint density at radius 3 is 2.48 bits per heavy atom. The average molecular weight is 287 g/mol. The molecule has 21 heavy (non-hydrogen) atoms. The Hall–Kier alpha value is -1.22. The Morgan fingerprint density at radius 2 is 1.71 bits per heavy atom. The summed E-state index contributed by atoms with van der Waals surface area (Å²) in [6, 6.07) is 8.86. The first-order valence-electron chi connectivity index (χ1n) is 8.59. The molecule has 3 rings (SSSR count). The Kier molecular flexibility index (Phi) is 5.02. The van der Waals surface area contributed by atoms with Crippen LogP contribution in [-0.2, 0) is 0 Å². The smallest absolute Gasteiger partial charge is 0.0602 e. The van der Waals surface area contributed by atoms with Crippen molar-refractivity contribution in [1.82, 2.24) is 4.90 Å². The molecule has 1 N–H and O–H groups in total. The third-order valence-corrected chi connectivity index (χ3v) is 5.02. The quantitative estimate of drug-likeness (QED) is 0.915. The monoisotopic (exact) mass is 287 g/mol. The number of nitrogens with zero attached hydrogens (tertiary/aromatic N) is 2. The van der Waals surface area contributed by atoms with Gasteiger partial charge in [0.05, 0.1) is 11.4 Å². The summed E-state index contributed by atoms with van der Waals surface area (Å²) in [4.78, 5) is 5.00. The van der Waals surface area contributed by atoms with Crippen LogP contribution in [0.4, 0.5) is 11.4 Å². The van der Waals surface area contributed by atoms with E-state index in [0.717, 1.165) is 12.5 Å². The molecule has 0 unspecified atom stereocenters. The number of benzene rings is 1. The number of likely N-dealkylation sites (tertiary alicyclic amines) is 1. The maximum absolute atomic E-state index is 3.73. The Labute approximate surface area is 129 Å². The van der Waals surface area contributed by atoms with Gasteiger partial charge >= 0.3 is 0 Å². The fourth-order valence-electron chi connectivity index (χ4n) is 3.55. The zero-order chi connectivity index (χ0) is 14.5. The molecule has 0 amide bonds. The third kappa shape index (κ3) is 3.91. The zero-order valence-corrected chi connectivity index (χ0v) is 13.4. The minimum absolute atomic E-state index is 0.829. The maximum Gasteiger partial charge on any atom is 0.0602 e. The molecule has 0 saturated carbocycles. The SMILES string of the molecule is CN1CCC(CNc2ccccc2N2CCCCC2)CC1. The van der Waals surface area contributed by atoms with Crippen molar-refractivity contribution in [2.45, 2.75) is 32.1 Å². The first kappa shape index (κ1) is 14.7. The van der Waals surface area contributed by atoms with Crippen LogP contribution < -0.4 is 10.2 Å². The number of para-hydroxylation sites is 2. The van der Waals surface area contributed by atoms with E-state index in [2.05, 4.69) is 46.4 Å². The van der Waals surface area contributed by atoms with Gasteiger partial charge in [0.25, 0.3) is 0 Å². The van der Waals surface area contributed by atoms with E-state index in [1.807, 2.05) is 0 Å². The number of hydrogen-bond acceptors (Lipinski definition) is 3. The van der Waals surface area contributed by atoms with Gasteiger partial charge in [0, 0.05) is 19.6 Å². The molecule has 2 aliphatic rings. The molecule has 2 saturated heterocycles. The topological polar surface area (TPSA) is 18.5 Å². The number of piperidine rings is 2. The molecule has 1 aromatic carbocycles. The van der Waals surface area contributed by atoms with Gasteiger partial charge in [-0.25, -0.2) is 0 Å². The summed E-state index contributed by atoms with van der Waals surface area (Å²) in [5.74, 6) is 0.829. The van der Waals surface area contributed by atoms with Gasteiger partial charge in [-0.15, -0.1) is 0 Å². The van der Waals surface area contributed by atoms with Crippen molar-refractivity contribution >= 4 is 11.4 Å². The second-order valence-corrected chi connectivity index (χ2v) is 6.69. The molecule has 0 radical (unpaired) electrons. The lowest BCUT2D eigenvalue weighted by Gasteiger charge is -2.32. The average Bonchev–Trinajstić information content (AvgIpc) is 2.55. The molecule has 3 heteroatoms. The van der Waals surface area contributed by atoms with Crippen LogP contribution in [0, 0.1) is 5.92 Å². The van der Waals surface area contributed by atoms with E-state index in [9.17, 15) is 0 Å². The predicted octanol–water partition coefficient (Wildman–Crippen LogP) is 3.43. The fraction of sp³-hybridized carbons (Fsp3) is 0.667. The Morgan fingerprint density at radius 1 is 1.00 bits per heavy atom. The molecule has 0 aliphatic carbocycles. The summed E-state index contributed by atoms with van der Waals surface area (Å²) in [5, 5.41) is 3.73. The first-order valence-corrected chi connectivity index (χ1v) is 8.59. The lowest BCUT2D eigenvalue weighted by atomic mass is 9.97. The minimum Gasteiger partial charge on any atom is -0.383 e. The van der Waals surface area contributed by atoms with Crippen LogP contribution in [0.5, 0.6) is 0 Å². The first-order chi connectivity index (χ1) is 10.3. The standard InChI is InChI=1S/C18H29N3/c1-20-13-9-16(10-14-20)15-19-17-7-3-4-8-18(17)21-11-5-2-6-12-21/h3-4,7-8,16,19H,2,5-6,9-15H2,1H3. The van der Waals surface area contributed by atoms with Gasteiger partial charge in [-0.2, -0.15) is 0 Å². The third-order valence-electron chi connectivity index (χ3n) is 5.02. The van der Waals surface area contributed by atoms with E-state index in [4.69, 9.17) is 0 Å². The molecule has 116 valence electrons. The number of anilines is 2. The van der Waals surface area contributed by atoms with E-state index in [0.29, 0.717) is 0 Å². The molecule has 0 bridgehead atoms. The predicted molar refractivity (Wildman–Crippen MR) is 91.2 cm³/mol.